The van der Waals surface area contributed by atoms with Gasteiger partial charge in [0.1, 0.15) is 37.2 Å². The van der Waals surface area contributed by atoms with Crippen LogP contribution in [0.25, 0.3) is 0 Å². The van der Waals surface area contributed by atoms with Gasteiger partial charge in [-0.3, -0.25) is 19.1 Å². The molecular weight excluding hydrogens is 641 g/mol. The molecule has 13 nitrogen and oxygen atoms in total. The van der Waals surface area contributed by atoms with Gasteiger partial charge in [0, 0.05) is 11.4 Å². The number of halogens is 2. The molecule has 47 heavy (non-hydrogen) atoms. The van der Waals surface area contributed by atoms with Crippen LogP contribution in [0.4, 0.5) is 9.18 Å². The van der Waals surface area contributed by atoms with Gasteiger partial charge in [0.25, 0.3) is 5.56 Å². The van der Waals surface area contributed by atoms with Gasteiger partial charge in [-0.25, -0.2) is 14.4 Å². The number of benzene rings is 2. The smallest absolute Gasteiger partial charge is 0.408 e. The Labute approximate surface area is 273 Å². The van der Waals surface area contributed by atoms with Crippen molar-refractivity contribution in [2.75, 3.05) is 6.61 Å². The van der Waals surface area contributed by atoms with Crippen molar-refractivity contribution in [2.45, 2.75) is 76.9 Å². The molecule has 0 aliphatic carbocycles. The molecule has 4 atom stereocenters. The summed E-state index contributed by atoms with van der Waals surface area (Å²) in [5.41, 5.74) is -1.51. The van der Waals surface area contributed by atoms with Crippen LogP contribution in [0.1, 0.15) is 51.0 Å². The number of carbonyl (C=O) groups is 3. The van der Waals surface area contributed by atoms with Crippen molar-refractivity contribution in [1.82, 2.24) is 14.9 Å². The maximum absolute atomic E-state index is 14.1. The maximum Gasteiger partial charge on any atom is 0.408 e. The molecule has 2 aromatic carbocycles. The molecule has 0 saturated carbocycles. The van der Waals surface area contributed by atoms with Crippen molar-refractivity contribution in [3.05, 3.63) is 104 Å². The summed E-state index contributed by atoms with van der Waals surface area (Å²) < 4.78 is 42.9. The summed E-state index contributed by atoms with van der Waals surface area (Å²) >= 11 is 5.96. The van der Waals surface area contributed by atoms with Crippen molar-refractivity contribution in [1.29, 1.82) is 0 Å². The number of ether oxygens (including phenoxy) is 5. The number of rotatable bonds is 12. The molecule has 3 aromatic rings. The van der Waals surface area contributed by atoms with Gasteiger partial charge in [-0.2, -0.15) is 4.39 Å². The number of aromatic nitrogens is 2. The lowest BCUT2D eigenvalue weighted by molar-refractivity contribution is -0.158. The average molecular weight is 676 g/mol. The number of hydrogen-bond donors (Lipinski definition) is 2. The first-order valence-corrected chi connectivity index (χ1v) is 15.0. The normalized spacial score (nSPS) is 18.3. The van der Waals surface area contributed by atoms with Crippen molar-refractivity contribution >= 4 is 29.6 Å². The largest absolute Gasteiger partial charge is 0.461 e. The third-order valence-corrected chi connectivity index (χ3v) is 7.02. The first kappa shape index (κ1) is 35.3. The fraction of sp³-hybridized carbons (Fsp3) is 0.406. The number of alkyl carbamates (subject to hydrolysis) is 1. The molecule has 1 aromatic heterocycles. The highest BCUT2D eigenvalue weighted by Crippen LogP contribution is 2.31. The summed E-state index contributed by atoms with van der Waals surface area (Å²) in [5, 5.41) is 2.88. The van der Waals surface area contributed by atoms with E-state index in [0.717, 1.165) is 21.9 Å². The quantitative estimate of drug-likeness (QED) is 0.213. The predicted octanol–water partition coefficient (Wildman–Crippen LogP) is 3.77. The monoisotopic (exact) mass is 675 g/mol. The molecule has 0 spiro atoms. The van der Waals surface area contributed by atoms with Crippen molar-refractivity contribution in [3.8, 4) is 0 Å². The van der Waals surface area contributed by atoms with E-state index in [2.05, 4.69) is 5.32 Å². The highest BCUT2D eigenvalue weighted by Gasteiger charge is 2.39. The molecule has 1 aliphatic rings. The lowest BCUT2D eigenvalue weighted by atomic mass is 10.1. The Morgan fingerprint density at radius 2 is 1.72 bits per heavy atom. The van der Waals surface area contributed by atoms with Crippen LogP contribution in [-0.4, -0.2) is 58.0 Å². The lowest BCUT2D eigenvalue weighted by Crippen LogP contribution is -2.46. The summed E-state index contributed by atoms with van der Waals surface area (Å²) in [4.78, 5) is 64.3. The van der Waals surface area contributed by atoms with Crippen molar-refractivity contribution in [3.63, 3.8) is 0 Å². The third kappa shape index (κ3) is 10.8. The van der Waals surface area contributed by atoms with Gasteiger partial charge in [0.05, 0.1) is 25.3 Å². The molecular formula is C32H35ClFN3O10. The molecule has 1 aliphatic heterocycles. The SMILES string of the molecule is CC(C)(C)OC(=O)N[C@@H](CC(=O)OCc1ccccc1)C(=O)OC[C@H]1O[C@@H](n2cc(F)c(=O)[nH]c2=O)C[C@@H]1OCc1ccc(Cl)cc1. The zero-order chi connectivity index (χ0) is 34.1. The molecule has 2 heterocycles. The number of nitrogens with one attached hydrogen (secondary N) is 2. The molecule has 1 saturated heterocycles. The van der Waals surface area contributed by atoms with Crippen molar-refractivity contribution < 1.29 is 42.5 Å². The first-order chi connectivity index (χ1) is 22.3. The standard InChI is InChI=1S/C32H35ClFN3O10/c1-32(2,3)47-31(42)35-23(13-27(38)44-17-19-7-5-4-6-8-19)29(40)45-18-25-24(43-16-20-9-11-21(33)12-10-20)14-26(46-25)37-15-22(34)28(39)36-30(37)41/h4-12,15,23-26H,13-14,16-18H2,1-3H3,(H,35,42)(H,36,39,41)/t23-,24-,25+,26+/m0/s1. The Morgan fingerprint density at radius 1 is 1.04 bits per heavy atom. The Kier molecular flexibility index (Phi) is 11.9. The Bertz CT molecular complexity index is 1660. The van der Waals surface area contributed by atoms with E-state index >= 15 is 0 Å². The van der Waals surface area contributed by atoms with Gasteiger partial charge < -0.3 is 29.0 Å². The van der Waals surface area contributed by atoms with Crippen LogP contribution in [-0.2, 0) is 46.5 Å². The highest BCUT2D eigenvalue weighted by molar-refractivity contribution is 6.30. The fourth-order valence-corrected chi connectivity index (χ4v) is 4.65. The molecule has 15 heteroatoms. The van der Waals surface area contributed by atoms with Crippen molar-refractivity contribution in [2.24, 2.45) is 0 Å². The Hall–Kier alpha value is -4.53. The van der Waals surface area contributed by atoms with Crippen LogP contribution in [0.15, 0.2) is 70.4 Å². The van der Waals surface area contributed by atoms with E-state index in [-0.39, 0.29) is 19.6 Å². The molecule has 1 fully saturated rings. The number of esters is 2. The van der Waals surface area contributed by atoms with Gasteiger partial charge in [-0.1, -0.05) is 54.1 Å². The minimum atomic E-state index is -1.49. The van der Waals surface area contributed by atoms with Gasteiger partial charge >= 0.3 is 23.7 Å². The van der Waals surface area contributed by atoms with E-state index < -0.39 is 78.2 Å². The van der Waals surface area contributed by atoms with E-state index in [1.54, 1.807) is 69.3 Å². The minimum Gasteiger partial charge on any atom is -0.461 e. The topological polar surface area (TPSA) is 164 Å². The van der Waals surface area contributed by atoms with Crippen LogP contribution in [0.5, 0.6) is 0 Å². The molecule has 1 amide bonds. The molecule has 0 radical (unpaired) electrons. The summed E-state index contributed by atoms with van der Waals surface area (Å²) in [7, 11) is 0. The number of hydrogen-bond acceptors (Lipinski definition) is 10. The summed E-state index contributed by atoms with van der Waals surface area (Å²) in [6.45, 7) is 4.49. The Morgan fingerprint density at radius 3 is 2.40 bits per heavy atom. The number of carbonyl (C=O) groups excluding carboxylic acids is 3. The van der Waals surface area contributed by atoms with Gasteiger partial charge in [-0.05, 0) is 44.0 Å². The van der Waals surface area contributed by atoms with Gasteiger partial charge in [0.15, 0.2) is 0 Å². The zero-order valence-corrected chi connectivity index (χ0v) is 26.7. The number of amides is 1. The van der Waals surface area contributed by atoms with Crippen LogP contribution in [0.2, 0.25) is 5.02 Å². The predicted molar refractivity (Wildman–Crippen MR) is 165 cm³/mol. The molecule has 252 valence electrons. The summed E-state index contributed by atoms with van der Waals surface area (Å²) in [6.07, 6.45) is -3.64. The van der Waals surface area contributed by atoms with E-state index in [1.165, 1.54) is 0 Å². The Balaban J connectivity index is 1.46. The number of nitrogens with zero attached hydrogens (tertiary/aromatic N) is 1. The molecule has 4 rings (SSSR count). The molecule has 0 unspecified atom stereocenters. The second kappa shape index (κ2) is 15.8. The van der Waals surface area contributed by atoms with Crippen LogP contribution >= 0.6 is 11.6 Å². The summed E-state index contributed by atoms with van der Waals surface area (Å²) in [6, 6.07) is 14.2. The average Bonchev–Trinajstić information content (AvgIpc) is 3.42. The van der Waals surface area contributed by atoms with E-state index in [0.29, 0.717) is 5.02 Å². The maximum atomic E-state index is 14.1. The van der Waals surface area contributed by atoms with E-state index in [1.807, 2.05) is 11.1 Å². The second-order valence-electron chi connectivity index (χ2n) is 11.7. The van der Waals surface area contributed by atoms with Crippen LogP contribution < -0.4 is 16.6 Å². The van der Waals surface area contributed by atoms with E-state index in [9.17, 15) is 28.4 Å². The second-order valence-corrected chi connectivity index (χ2v) is 12.1. The molecule has 2 N–H and O–H groups in total. The highest BCUT2D eigenvalue weighted by atomic mass is 35.5. The fourth-order valence-electron chi connectivity index (χ4n) is 4.53. The van der Waals surface area contributed by atoms with Crippen LogP contribution in [0, 0.1) is 5.82 Å². The number of H-pyrrole nitrogens is 1. The third-order valence-electron chi connectivity index (χ3n) is 6.77. The number of aromatic amines is 1. The van der Waals surface area contributed by atoms with Crippen LogP contribution in [0.3, 0.4) is 0 Å². The summed E-state index contributed by atoms with van der Waals surface area (Å²) in [5.74, 6) is -2.98. The minimum absolute atomic E-state index is 0.0204. The van der Waals surface area contributed by atoms with E-state index in [4.69, 9.17) is 35.3 Å². The first-order valence-electron chi connectivity index (χ1n) is 14.7. The zero-order valence-electron chi connectivity index (χ0n) is 25.9. The van der Waals surface area contributed by atoms with Gasteiger partial charge in [-0.15, -0.1) is 0 Å². The van der Waals surface area contributed by atoms with Gasteiger partial charge in [0.2, 0.25) is 5.82 Å². The lowest BCUT2D eigenvalue weighted by Gasteiger charge is -2.24. The molecule has 0 bridgehead atoms.